The maximum atomic E-state index is 12.2. The third-order valence-corrected chi connectivity index (χ3v) is 3.62. The molecule has 1 aromatic heterocycles. The van der Waals surface area contributed by atoms with Crippen molar-refractivity contribution in [2.75, 3.05) is 0 Å². The van der Waals surface area contributed by atoms with E-state index in [9.17, 15) is 9.59 Å². The molecule has 1 unspecified atom stereocenters. The van der Waals surface area contributed by atoms with Crippen LogP contribution in [0.5, 0.6) is 0 Å². The lowest BCUT2D eigenvalue weighted by Crippen LogP contribution is -2.37. The molecule has 24 heavy (non-hydrogen) atoms. The van der Waals surface area contributed by atoms with Crippen LogP contribution in [0, 0.1) is 5.92 Å². The fourth-order valence-electron chi connectivity index (χ4n) is 2.34. The first kappa shape index (κ1) is 18.3. The van der Waals surface area contributed by atoms with Gasteiger partial charge in [-0.3, -0.25) is 0 Å². The van der Waals surface area contributed by atoms with E-state index in [0.29, 0.717) is 21.6 Å². The number of halogens is 1. The summed E-state index contributed by atoms with van der Waals surface area (Å²) in [6.07, 6.45) is -0.560. The summed E-state index contributed by atoms with van der Waals surface area (Å²) in [5.41, 5.74) is -1.07. The summed E-state index contributed by atoms with van der Waals surface area (Å²) in [5.74, 6) is 0.368. The van der Waals surface area contributed by atoms with Gasteiger partial charge in [0.2, 0.25) is 0 Å². The van der Waals surface area contributed by atoms with Gasteiger partial charge >= 0.3 is 11.7 Å². The first-order chi connectivity index (χ1) is 11.1. The second kappa shape index (κ2) is 6.85. The van der Waals surface area contributed by atoms with E-state index in [1.54, 1.807) is 45.0 Å². The van der Waals surface area contributed by atoms with Crippen molar-refractivity contribution in [3.05, 3.63) is 45.5 Å². The zero-order chi connectivity index (χ0) is 18.1. The maximum Gasteiger partial charge on any atom is 0.408 e. The van der Waals surface area contributed by atoms with Gasteiger partial charge in [0.1, 0.15) is 11.4 Å². The quantitative estimate of drug-likeness (QED) is 0.872. The highest BCUT2D eigenvalue weighted by atomic mass is 35.5. The molecule has 2 aromatic rings. The Hall–Kier alpha value is -2.01. The van der Waals surface area contributed by atoms with Crippen LogP contribution in [0.15, 0.2) is 33.5 Å². The lowest BCUT2D eigenvalue weighted by Gasteiger charge is -2.25. The average molecular weight is 352 g/mol. The lowest BCUT2D eigenvalue weighted by molar-refractivity contribution is 0.0480. The Morgan fingerprint density at radius 2 is 1.92 bits per heavy atom. The molecule has 0 saturated carbocycles. The number of rotatable bonds is 3. The molecular weight excluding hydrogens is 330 g/mol. The van der Waals surface area contributed by atoms with Crippen LogP contribution in [0.3, 0.4) is 0 Å². The number of nitrogens with one attached hydrogen (secondary N) is 1. The van der Waals surface area contributed by atoms with Gasteiger partial charge in [0.05, 0.1) is 11.4 Å². The van der Waals surface area contributed by atoms with E-state index in [1.807, 2.05) is 13.8 Å². The van der Waals surface area contributed by atoms with Crippen molar-refractivity contribution in [1.29, 1.82) is 0 Å². The molecule has 0 bridgehead atoms. The smallest absolute Gasteiger partial charge is 0.408 e. The second-order valence-electron chi connectivity index (χ2n) is 7.04. The molecular formula is C18H22ClNO4. The number of hydrogen-bond acceptors (Lipinski definition) is 4. The Kier molecular flexibility index (Phi) is 5.23. The Bertz CT molecular complexity index is 805. The maximum absolute atomic E-state index is 12.2. The number of amides is 1. The van der Waals surface area contributed by atoms with Crippen LogP contribution in [-0.4, -0.2) is 11.7 Å². The minimum atomic E-state index is -0.608. The molecule has 1 atom stereocenters. The molecule has 0 saturated heterocycles. The predicted octanol–water partition coefficient (Wildman–Crippen LogP) is 4.67. The number of hydrogen-bond donors (Lipinski definition) is 1. The summed E-state index contributed by atoms with van der Waals surface area (Å²) in [4.78, 5) is 24.3. The van der Waals surface area contributed by atoms with Crippen LogP contribution in [0.25, 0.3) is 10.8 Å². The molecule has 0 aliphatic rings. The number of carbonyl (C=O) groups excluding carboxylic acids is 1. The summed E-state index contributed by atoms with van der Waals surface area (Å²) in [7, 11) is 0. The minimum absolute atomic E-state index is 0.00250. The van der Waals surface area contributed by atoms with Crippen LogP contribution >= 0.6 is 11.6 Å². The third-order valence-electron chi connectivity index (χ3n) is 3.39. The van der Waals surface area contributed by atoms with Gasteiger partial charge < -0.3 is 14.5 Å². The molecule has 0 radical (unpaired) electrons. The second-order valence-corrected chi connectivity index (χ2v) is 7.47. The Labute approximate surface area is 145 Å². The topological polar surface area (TPSA) is 68.5 Å². The van der Waals surface area contributed by atoms with Gasteiger partial charge in [0, 0.05) is 5.02 Å². The summed E-state index contributed by atoms with van der Waals surface area (Å²) in [6, 6.07) is 6.20. The summed E-state index contributed by atoms with van der Waals surface area (Å²) < 4.78 is 10.7. The molecule has 0 fully saturated rings. The molecule has 1 N–H and O–H groups in total. The van der Waals surface area contributed by atoms with Gasteiger partial charge in [0.15, 0.2) is 0 Å². The number of fused-ring (bicyclic) bond motifs is 1. The van der Waals surface area contributed by atoms with Gasteiger partial charge in [0.25, 0.3) is 0 Å². The van der Waals surface area contributed by atoms with Crippen LogP contribution in [-0.2, 0) is 4.74 Å². The fourth-order valence-corrected chi connectivity index (χ4v) is 2.52. The monoisotopic (exact) mass is 351 g/mol. The molecule has 1 amide bonds. The van der Waals surface area contributed by atoms with E-state index < -0.39 is 23.4 Å². The zero-order valence-corrected chi connectivity index (χ0v) is 15.2. The van der Waals surface area contributed by atoms with Gasteiger partial charge in [-0.15, -0.1) is 0 Å². The highest BCUT2D eigenvalue weighted by Crippen LogP contribution is 2.25. The van der Waals surface area contributed by atoms with Crippen molar-refractivity contribution in [1.82, 2.24) is 5.32 Å². The van der Waals surface area contributed by atoms with E-state index in [1.165, 1.54) is 0 Å². The fraction of sp³-hybridized carbons (Fsp3) is 0.444. The molecule has 130 valence electrons. The molecule has 0 aliphatic carbocycles. The molecule has 0 spiro atoms. The number of alkyl carbamates (subject to hydrolysis) is 1. The first-order valence-electron chi connectivity index (χ1n) is 7.79. The largest absolute Gasteiger partial charge is 0.444 e. The van der Waals surface area contributed by atoms with E-state index in [0.717, 1.165) is 0 Å². The molecule has 1 aromatic carbocycles. The minimum Gasteiger partial charge on any atom is -0.444 e. The highest BCUT2D eigenvalue weighted by Gasteiger charge is 2.25. The standard InChI is InChI=1S/C18H22ClNO4/c1-10(2)15(20-17(22)24-18(3,4)5)14-9-11-8-12(19)6-7-13(11)16(21)23-14/h6-10,15H,1-5H3,(H,20,22). The summed E-state index contributed by atoms with van der Waals surface area (Å²) in [5, 5.41) is 4.42. The number of ether oxygens (including phenoxy) is 1. The van der Waals surface area contributed by atoms with E-state index in [4.69, 9.17) is 20.8 Å². The van der Waals surface area contributed by atoms with Gasteiger partial charge in [-0.1, -0.05) is 25.4 Å². The normalized spacial score (nSPS) is 13.1. The Balaban J connectivity index is 2.39. The molecule has 0 aliphatic heterocycles. The summed E-state index contributed by atoms with van der Waals surface area (Å²) in [6.45, 7) is 9.20. The Morgan fingerprint density at radius 1 is 1.25 bits per heavy atom. The predicted molar refractivity (Wildman–Crippen MR) is 94.4 cm³/mol. The van der Waals surface area contributed by atoms with E-state index in [2.05, 4.69) is 5.32 Å². The average Bonchev–Trinajstić information content (AvgIpc) is 2.41. The number of benzene rings is 1. The van der Waals surface area contributed by atoms with E-state index >= 15 is 0 Å². The molecule has 6 heteroatoms. The van der Waals surface area contributed by atoms with Crippen LogP contribution in [0.1, 0.15) is 46.4 Å². The van der Waals surface area contributed by atoms with Crippen molar-refractivity contribution in [2.45, 2.75) is 46.3 Å². The van der Waals surface area contributed by atoms with Crippen molar-refractivity contribution in [3.63, 3.8) is 0 Å². The zero-order valence-electron chi connectivity index (χ0n) is 14.5. The van der Waals surface area contributed by atoms with Crippen molar-refractivity contribution < 1.29 is 13.9 Å². The van der Waals surface area contributed by atoms with Crippen LogP contribution in [0.2, 0.25) is 5.02 Å². The van der Waals surface area contributed by atoms with Crippen molar-refractivity contribution in [2.24, 2.45) is 5.92 Å². The first-order valence-corrected chi connectivity index (χ1v) is 8.17. The molecule has 1 heterocycles. The van der Waals surface area contributed by atoms with Crippen molar-refractivity contribution >= 4 is 28.5 Å². The highest BCUT2D eigenvalue weighted by molar-refractivity contribution is 6.31. The lowest BCUT2D eigenvalue weighted by atomic mass is 10.0. The van der Waals surface area contributed by atoms with Gasteiger partial charge in [-0.05, 0) is 56.3 Å². The van der Waals surface area contributed by atoms with Gasteiger partial charge in [-0.2, -0.15) is 0 Å². The summed E-state index contributed by atoms with van der Waals surface area (Å²) >= 11 is 6.00. The Morgan fingerprint density at radius 3 is 2.50 bits per heavy atom. The van der Waals surface area contributed by atoms with E-state index in [-0.39, 0.29) is 5.92 Å². The third kappa shape index (κ3) is 4.51. The van der Waals surface area contributed by atoms with Crippen molar-refractivity contribution in [3.8, 4) is 0 Å². The van der Waals surface area contributed by atoms with Crippen LogP contribution in [0.4, 0.5) is 4.79 Å². The van der Waals surface area contributed by atoms with Gasteiger partial charge in [-0.25, -0.2) is 9.59 Å². The van der Waals surface area contributed by atoms with Crippen LogP contribution < -0.4 is 10.9 Å². The molecule has 2 rings (SSSR count). The molecule has 5 nitrogen and oxygen atoms in total. The SMILES string of the molecule is CC(C)C(NC(=O)OC(C)(C)C)c1cc2cc(Cl)ccc2c(=O)o1. The number of carbonyl (C=O) groups is 1.